The first-order valence-corrected chi connectivity index (χ1v) is 11.2. The van der Waals surface area contributed by atoms with Gasteiger partial charge in [-0.05, 0) is 54.4 Å². The Hall–Kier alpha value is -2.64. The van der Waals surface area contributed by atoms with Gasteiger partial charge in [-0.1, -0.05) is 23.7 Å². The molecule has 4 rings (SSSR count). The number of ether oxygens (including phenoxy) is 2. The van der Waals surface area contributed by atoms with E-state index in [-0.39, 0.29) is 17.7 Å². The third-order valence-electron chi connectivity index (χ3n) is 5.39. The fraction of sp³-hybridized carbons (Fsp3) is 0.304. The highest BCUT2D eigenvalue weighted by Gasteiger charge is 2.35. The first-order valence-electron chi connectivity index (χ1n) is 10.0. The summed E-state index contributed by atoms with van der Waals surface area (Å²) in [5.41, 5.74) is 2.51. The number of imide groups is 1. The van der Waals surface area contributed by atoms with Gasteiger partial charge in [0, 0.05) is 29.7 Å². The van der Waals surface area contributed by atoms with Gasteiger partial charge in [0.25, 0.3) is 11.1 Å². The highest BCUT2D eigenvalue weighted by molar-refractivity contribution is 8.18. The van der Waals surface area contributed by atoms with Gasteiger partial charge < -0.3 is 14.4 Å². The number of benzene rings is 2. The van der Waals surface area contributed by atoms with Crippen molar-refractivity contribution in [2.45, 2.75) is 19.4 Å². The molecule has 2 aliphatic heterocycles. The maximum Gasteiger partial charge on any atom is 0.293 e. The van der Waals surface area contributed by atoms with E-state index in [1.807, 2.05) is 12.1 Å². The molecule has 0 unspecified atom stereocenters. The minimum atomic E-state index is -0.324. The fourth-order valence-corrected chi connectivity index (χ4v) is 4.73. The van der Waals surface area contributed by atoms with Crippen LogP contribution < -0.4 is 14.4 Å². The van der Waals surface area contributed by atoms with Crippen LogP contribution in [0.3, 0.4) is 0 Å². The van der Waals surface area contributed by atoms with E-state index >= 15 is 0 Å². The third kappa shape index (κ3) is 4.52. The maximum atomic E-state index is 12.9. The topological polar surface area (TPSA) is 59.1 Å². The van der Waals surface area contributed by atoms with Gasteiger partial charge in [-0.2, -0.15) is 0 Å². The van der Waals surface area contributed by atoms with Gasteiger partial charge in [-0.15, -0.1) is 0 Å². The summed E-state index contributed by atoms with van der Waals surface area (Å²) in [5.74, 6) is 1.02. The van der Waals surface area contributed by atoms with Crippen molar-refractivity contribution in [1.82, 2.24) is 4.90 Å². The van der Waals surface area contributed by atoms with E-state index in [0.29, 0.717) is 27.0 Å². The fourth-order valence-electron chi connectivity index (χ4n) is 3.77. The molecule has 8 heteroatoms. The van der Waals surface area contributed by atoms with Gasteiger partial charge in [0.05, 0.1) is 31.4 Å². The van der Waals surface area contributed by atoms with Gasteiger partial charge in [-0.3, -0.25) is 14.5 Å². The Labute approximate surface area is 190 Å². The molecular weight excluding hydrogens is 436 g/mol. The molecule has 2 heterocycles. The number of carbonyl (C=O) groups is 2. The minimum absolute atomic E-state index is 0.202. The van der Waals surface area contributed by atoms with Crippen LogP contribution in [0.5, 0.6) is 11.5 Å². The lowest BCUT2D eigenvalue weighted by atomic mass is 10.1. The normalized spacial score (nSPS) is 17.7. The molecule has 2 aromatic carbocycles. The van der Waals surface area contributed by atoms with E-state index in [9.17, 15) is 9.59 Å². The summed E-state index contributed by atoms with van der Waals surface area (Å²) in [7, 11) is 3.23. The molecule has 0 radical (unpaired) electrons. The van der Waals surface area contributed by atoms with Crippen LogP contribution >= 0.6 is 23.4 Å². The van der Waals surface area contributed by atoms with Crippen molar-refractivity contribution in [3.05, 3.63) is 57.5 Å². The molecule has 0 aromatic heterocycles. The third-order valence-corrected chi connectivity index (χ3v) is 6.55. The maximum absolute atomic E-state index is 12.9. The summed E-state index contributed by atoms with van der Waals surface area (Å²) in [6.07, 6.45) is 3.99. The Morgan fingerprint density at radius 2 is 1.71 bits per heavy atom. The molecule has 0 N–H and O–H groups in total. The molecule has 6 nitrogen and oxygen atoms in total. The Bertz CT molecular complexity index is 1030. The molecule has 2 fully saturated rings. The highest BCUT2D eigenvalue weighted by atomic mass is 35.5. The van der Waals surface area contributed by atoms with E-state index in [1.54, 1.807) is 44.6 Å². The van der Waals surface area contributed by atoms with Crippen molar-refractivity contribution < 1.29 is 19.1 Å². The summed E-state index contributed by atoms with van der Waals surface area (Å²) in [6.45, 7) is 2.15. The second-order valence-electron chi connectivity index (χ2n) is 7.35. The Kier molecular flexibility index (Phi) is 6.43. The number of rotatable bonds is 6. The molecule has 0 bridgehead atoms. The van der Waals surface area contributed by atoms with Crippen molar-refractivity contribution in [3.63, 3.8) is 0 Å². The van der Waals surface area contributed by atoms with E-state index in [2.05, 4.69) is 4.90 Å². The lowest BCUT2D eigenvalue weighted by molar-refractivity contribution is -0.123. The Morgan fingerprint density at radius 3 is 2.35 bits per heavy atom. The SMILES string of the molecule is COc1cc(N2CCCC2)c(OC)cc1/C=C1\SC(=O)N(Cc2ccc(Cl)cc2)C1=O. The Morgan fingerprint density at radius 1 is 1.03 bits per heavy atom. The van der Waals surface area contributed by atoms with Crippen LogP contribution in [0.4, 0.5) is 10.5 Å². The molecule has 2 aliphatic rings. The van der Waals surface area contributed by atoms with Gasteiger partial charge in [0.2, 0.25) is 0 Å². The van der Waals surface area contributed by atoms with Crippen molar-refractivity contribution >= 4 is 46.3 Å². The molecule has 0 saturated carbocycles. The summed E-state index contributed by atoms with van der Waals surface area (Å²) in [6, 6.07) is 10.9. The van der Waals surface area contributed by atoms with Crippen LogP contribution in [0.1, 0.15) is 24.0 Å². The number of carbonyl (C=O) groups excluding carboxylic acids is 2. The van der Waals surface area contributed by atoms with Crippen LogP contribution in [-0.4, -0.2) is 43.4 Å². The molecule has 31 heavy (non-hydrogen) atoms. The van der Waals surface area contributed by atoms with Gasteiger partial charge in [-0.25, -0.2) is 0 Å². The van der Waals surface area contributed by atoms with Gasteiger partial charge >= 0.3 is 0 Å². The second kappa shape index (κ2) is 9.24. The summed E-state index contributed by atoms with van der Waals surface area (Å²) < 4.78 is 11.2. The van der Waals surface area contributed by atoms with Crippen molar-refractivity contribution in [2.75, 3.05) is 32.2 Å². The van der Waals surface area contributed by atoms with Crippen LogP contribution in [-0.2, 0) is 11.3 Å². The molecule has 0 atom stereocenters. The molecule has 0 spiro atoms. The first-order chi connectivity index (χ1) is 15.0. The summed E-state index contributed by atoms with van der Waals surface area (Å²) in [5, 5.41) is 0.307. The zero-order valence-corrected chi connectivity index (χ0v) is 19.0. The average molecular weight is 459 g/mol. The van der Waals surface area contributed by atoms with E-state index in [4.69, 9.17) is 21.1 Å². The molecular formula is C23H23ClN2O4S. The van der Waals surface area contributed by atoms with Crippen molar-refractivity contribution in [1.29, 1.82) is 0 Å². The standard InChI is InChI=1S/C23H23ClN2O4S/c1-29-19-13-18(25-9-3-4-10-25)20(30-2)11-16(19)12-21-22(27)26(23(28)31-21)14-15-5-7-17(24)8-6-15/h5-8,11-13H,3-4,9-10,14H2,1-2H3/b21-12-. The lowest BCUT2D eigenvalue weighted by Gasteiger charge is -2.22. The minimum Gasteiger partial charge on any atom is -0.496 e. The lowest BCUT2D eigenvalue weighted by Crippen LogP contribution is -2.27. The number of methoxy groups -OCH3 is 2. The zero-order chi connectivity index (χ0) is 22.0. The quantitative estimate of drug-likeness (QED) is 0.555. The largest absolute Gasteiger partial charge is 0.496 e. The molecule has 162 valence electrons. The smallest absolute Gasteiger partial charge is 0.293 e. The Balaban J connectivity index is 1.62. The number of thioether (sulfide) groups is 1. The summed E-state index contributed by atoms with van der Waals surface area (Å²) in [4.78, 5) is 29.3. The van der Waals surface area contributed by atoms with E-state index in [1.165, 1.54) is 4.90 Å². The number of hydrogen-bond acceptors (Lipinski definition) is 6. The predicted octanol–water partition coefficient (Wildman–Crippen LogP) is 5.19. The van der Waals surface area contributed by atoms with Gasteiger partial charge in [0.15, 0.2) is 0 Å². The first kappa shape index (κ1) is 21.6. The zero-order valence-electron chi connectivity index (χ0n) is 17.4. The average Bonchev–Trinajstić information content (AvgIpc) is 3.39. The van der Waals surface area contributed by atoms with Crippen LogP contribution in [0, 0.1) is 0 Å². The van der Waals surface area contributed by atoms with Crippen molar-refractivity contribution in [2.24, 2.45) is 0 Å². The van der Waals surface area contributed by atoms with Crippen LogP contribution in [0.2, 0.25) is 5.02 Å². The predicted molar refractivity (Wildman–Crippen MR) is 124 cm³/mol. The number of nitrogens with zero attached hydrogens (tertiary/aromatic N) is 2. The summed E-state index contributed by atoms with van der Waals surface area (Å²) >= 11 is 6.85. The van der Waals surface area contributed by atoms with E-state index in [0.717, 1.165) is 48.9 Å². The molecule has 2 amide bonds. The highest BCUT2D eigenvalue weighted by Crippen LogP contribution is 2.40. The van der Waals surface area contributed by atoms with Crippen molar-refractivity contribution in [3.8, 4) is 11.5 Å². The number of amides is 2. The van der Waals surface area contributed by atoms with E-state index < -0.39 is 0 Å². The van der Waals surface area contributed by atoms with Gasteiger partial charge in [0.1, 0.15) is 11.5 Å². The molecule has 2 aromatic rings. The number of anilines is 1. The van der Waals surface area contributed by atoms with Crippen LogP contribution in [0.15, 0.2) is 41.3 Å². The number of halogens is 1. The molecule has 0 aliphatic carbocycles. The number of hydrogen-bond donors (Lipinski definition) is 0. The molecule has 2 saturated heterocycles. The monoisotopic (exact) mass is 458 g/mol. The van der Waals surface area contributed by atoms with Crippen LogP contribution in [0.25, 0.3) is 6.08 Å². The second-order valence-corrected chi connectivity index (χ2v) is 8.78.